The molecule has 1 aromatic heterocycles. The van der Waals surface area contributed by atoms with Gasteiger partial charge >= 0.3 is 6.09 Å². The third-order valence-corrected chi connectivity index (χ3v) is 6.56. The summed E-state index contributed by atoms with van der Waals surface area (Å²) in [5, 5.41) is 5.68. The molecule has 0 aliphatic heterocycles. The highest BCUT2D eigenvalue weighted by atomic mass is 32.1. The fourth-order valence-corrected chi connectivity index (χ4v) is 4.11. The number of carbonyl (C=O) groups is 2. The van der Waals surface area contributed by atoms with Crippen LogP contribution in [-0.2, 0) is 16.1 Å². The maximum absolute atomic E-state index is 12.3. The Bertz CT molecular complexity index is 1160. The number of aromatic nitrogens is 1. The molecule has 0 spiro atoms. The molecule has 40 heavy (non-hydrogen) atoms. The molecule has 0 saturated carbocycles. The van der Waals surface area contributed by atoms with E-state index in [0.29, 0.717) is 13.1 Å². The Kier molecular flexibility index (Phi) is 16.1. The third kappa shape index (κ3) is 14.3. The van der Waals surface area contributed by atoms with Gasteiger partial charge in [0.05, 0.1) is 16.3 Å². The number of alkyl carbamates (subject to hydrolysis) is 1. The first-order chi connectivity index (χ1) is 19.5. The number of nitrogens with zero attached hydrogens (tertiary/aromatic N) is 1. The maximum Gasteiger partial charge on any atom is 0.407 e. The van der Waals surface area contributed by atoms with E-state index in [1.54, 1.807) is 11.7 Å². The van der Waals surface area contributed by atoms with Gasteiger partial charge in [-0.05, 0) is 38.7 Å². The van der Waals surface area contributed by atoms with E-state index in [2.05, 4.69) is 53.7 Å². The predicted molar refractivity (Wildman–Crippen MR) is 169 cm³/mol. The van der Waals surface area contributed by atoms with E-state index in [-0.39, 0.29) is 21.3 Å². The number of thiazole rings is 1. The van der Waals surface area contributed by atoms with Crippen molar-refractivity contribution in [2.75, 3.05) is 13.1 Å². The molecule has 0 aliphatic carbocycles. The summed E-state index contributed by atoms with van der Waals surface area (Å²) < 4.78 is 5.08. The summed E-state index contributed by atoms with van der Waals surface area (Å²) in [7, 11) is 0. The van der Waals surface area contributed by atoms with Crippen molar-refractivity contribution in [2.24, 2.45) is 0 Å². The standard InChI is InChI=1S/C19H25N3O3S.2C7H8.2H2/c1-2-17(15-8-4-3-5-9-15)18(23)21-10-6-7-11-22-19(24)25-13-16-12-20-14-26-16;2*1-7-5-3-2-4-6-7;;/h3-5,8-9,12,14,17H,2,6-7,10-11,13H2,1H3,(H,21,23)(H,22,24);2*2-6H,1H3;2*1H/t17-;;;;/m1..../s1. The molecule has 0 bridgehead atoms. The van der Waals surface area contributed by atoms with Crippen LogP contribution in [0.1, 0.15) is 56.5 Å². The van der Waals surface area contributed by atoms with Crippen LogP contribution in [0.15, 0.2) is 103 Å². The van der Waals surface area contributed by atoms with E-state index in [4.69, 9.17) is 4.74 Å². The van der Waals surface area contributed by atoms with Gasteiger partial charge in [0.1, 0.15) is 6.61 Å². The van der Waals surface area contributed by atoms with Gasteiger partial charge in [0.2, 0.25) is 5.91 Å². The summed E-state index contributed by atoms with van der Waals surface area (Å²) in [6.07, 6.45) is 3.59. The molecule has 3 aromatic carbocycles. The van der Waals surface area contributed by atoms with Gasteiger partial charge < -0.3 is 15.4 Å². The summed E-state index contributed by atoms with van der Waals surface area (Å²) in [6, 6.07) is 30.3. The van der Waals surface area contributed by atoms with Gasteiger partial charge in [-0.25, -0.2) is 4.79 Å². The number of aryl methyl sites for hydroxylation is 2. The number of nitrogens with one attached hydrogen (secondary N) is 2. The average molecular weight is 564 g/mol. The zero-order valence-electron chi connectivity index (χ0n) is 23.7. The summed E-state index contributed by atoms with van der Waals surface area (Å²) in [5.41, 5.74) is 5.38. The summed E-state index contributed by atoms with van der Waals surface area (Å²) in [5.74, 6) is -0.0633. The lowest BCUT2D eigenvalue weighted by atomic mass is 9.95. The first kappa shape index (κ1) is 32.2. The van der Waals surface area contributed by atoms with Crippen LogP contribution in [0.5, 0.6) is 0 Å². The second-order valence-electron chi connectivity index (χ2n) is 9.15. The Morgan fingerprint density at radius 2 is 1.35 bits per heavy atom. The third-order valence-electron chi connectivity index (χ3n) is 5.81. The van der Waals surface area contributed by atoms with Gasteiger partial charge in [-0.1, -0.05) is 109 Å². The average Bonchev–Trinajstić information content (AvgIpc) is 3.50. The van der Waals surface area contributed by atoms with Gasteiger partial charge in [0.15, 0.2) is 0 Å². The van der Waals surface area contributed by atoms with Crippen molar-refractivity contribution in [2.45, 2.75) is 52.6 Å². The first-order valence-corrected chi connectivity index (χ1v) is 14.5. The first-order valence-electron chi connectivity index (χ1n) is 13.6. The Hall–Kier alpha value is -3.97. The van der Waals surface area contributed by atoms with Crippen molar-refractivity contribution in [3.05, 3.63) is 124 Å². The molecule has 2 N–H and O–H groups in total. The topological polar surface area (TPSA) is 80.3 Å². The van der Waals surface area contributed by atoms with Crippen LogP contribution >= 0.6 is 11.3 Å². The van der Waals surface area contributed by atoms with Gasteiger partial charge in [-0.2, -0.15) is 0 Å². The molecule has 1 atom stereocenters. The molecule has 4 aromatic rings. The van der Waals surface area contributed by atoms with Crippen molar-refractivity contribution in [3.63, 3.8) is 0 Å². The van der Waals surface area contributed by atoms with E-state index in [1.165, 1.54) is 22.5 Å². The smallest absolute Gasteiger partial charge is 0.407 e. The van der Waals surface area contributed by atoms with Crippen molar-refractivity contribution < 1.29 is 17.2 Å². The fraction of sp³-hybridized carbons (Fsp3) is 0.303. The van der Waals surface area contributed by atoms with Crippen LogP contribution in [0, 0.1) is 13.8 Å². The molecular formula is C33H45N3O3S. The number of carbonyl (C=O) groups excluding carboxylic acids is 2. The quantitative estimate of drug-likeness (QED) is 0.192. The number of hydrogen-bond donors (Lipinski definition) is 2. The summed E-state index contributed by atoms with van der Waals surface area (Å²) in [6.45, 7) is 7.54. The Labute approximate surface area is 245 Å². The SMILES string of the molecule is CC[C@@H](C(=O)NCCCCNC(=O)OCc1cncs1)c1ccccc1.Cc1ccccc1.Cc1ccccc1.[HH].[HH]. The van der Waals surface area contributed by atoms with Crippen LogP contribution in [0.25, 0.3) is 0 Å². The maximum atomic E-state index is 12.3. The number of benzene rings is 3. The Morgan fingerprint density at radius 1 is 0.825 bits per heavy atom. The lowest BCUT2D eigenvalue weighted by Gasteiger charge is -2.15. The minimum atomic E-state index is -0.433. The van der Waals surface area contributed by atoms with E-state index in [0.717, 1.165) is 29.7 Å². The summed E-state index contributed by atoms with van der Waals surface area (Å²) >= 11 is 1.45. The van der Waals surface area contributed by atoms with Gasteiger partial charge in [0.25, 0.3) is 0 Å². The molecule has 4 rings (SSSR count). The zero-order chi connectivity index (χ0) is 28.8. The van der Waals surface area contributed by atoms with Crippen molar-refractivity contribution in [3.8, 4) is 0 Å². The van der Waals surface area contributed by atoms with Crippen LogP contribution in [0.3, 0.4) is 0 Å². The molecule has 0 unspecified atom stereocenters. The van der Waals surface area contributed by atoms with Gasteiger partial charge in [-0.3, -0.25) is 9.78 Å². The molecule has 0 fully saturated rings. The van der Waals surface area contributed by atoms with Crippen LogP contribution in [0.4, 0.5) is 4.79 Å². The minimum absolute atomic E-state index is 0. The van der Waals surface area contributed by atoms with E-state index >= 15 is 0 Å². The molecule has 0 aliphatic rings. The molecule has 216 valence electrons. The van der Waals surface area contributed by atoms with Crippen molar-refractivity contribution >= 4 is 23.3 Å². The second-order valence-corrected chi connectivity index (χ2v) is 10.1. The number of rotatable bonds is 10. The van der Waals surface area contributed by atoms with Crippen molar-refractivity contribution in [1.82, 2.24) is 15.6 Å². The predicted octanol–water partition coefficient (Wildman–Crippen LogP) is 7.94. The largest absolute Gasteiger partial charge is 0.444 e. The Morgan fingerprint density at radius 3 is 1.80 bits per heavy atom. The lowest BCUT2D eigenvalue weighted by Crippen LogP contribution is -2.31. The zero-order valence-corrected chi connectivity index (χ0v) is 24.5. The molecule has 0 radical (unpaired) electrons. The number of amides is 2. The molecule has 2 amide bonds. The molecule has 7 heteroatoms. The van der Waals surface area contributed by atoms with Gasteiger partial charge in [0, 0.05) is 22.1 Å². The normalized spacial score (nSPS) is 10.6. The van der Waals surface area contributed by atoms with Crippen molar-refractivity contribution in [1.29, 1.82) is 0 Å². The van der Waals surface area contributed by atoms with E-state index in [9.17, 15) is 9.59 Å². The van der Waals surface area contributed by atoms with Crippen LogP contribution in [-0.4, -0.2) is 30.1 Å². The minimum Gasteiger partial charge on any atom is -0.444 e. The fourth-order valence-electron chi connectivity index (χ4n) is 3.60. The number of unbranched alkanes of at least 4 members (excludes halogenated alkanes) is 1. The van der Waals surface area contributed by atoms with Crippen LogP contribution in [0.2, 0.25) is 0 Å². The Balaban J connectivity index is 0.000000856. The lowest BCUT2D eigenvalue weighted by molar-refractivity contribution is -0.122. The molecule has 0 saturated heterocycles. The highest BCUT2D eigenvalue weighted by Gasteiger charge is 2.17. The van der Waals surface area contributed by atoms with Gasteiger partial charge in [-0.15, -0.1) is 11.3 Å². The highest BCUT2D eigenvalue weighted by molar-refractivity contribution is 7.09. The van der Waals surface area contributed by atoms with Crippen LogP contribution < -0.4 is 10.6 Å². The number of hydrogen-bond acceptors (Lipinski definition) is 5. The monoisotopic (exact) mass is 563 g/mol. The molecule has 6 nitrogen and oxygen atoms in total. The summed E-state index contributed by atoms with van der Waals surface area (Å²) in [4.78, 5) is 28.7. The second kappa shape index (κ2) is 20.0. The number of ether oxygens (including phenoxy) is 1. The van der Waals surface area contributed by atoms with E-state index in [1.807, 2.05) is 73.7 Å². The van der Waals surface area contributed by atoms with E-state index < -0.39 is 6.09 Å². The molecular weight excluding hydrogens is 518 g/mol. The highest BCUT2D eigenvalue weighted by Crippen LogP contribution is 2.19. The molecule has 1 heterocycles.